The molecule has 0 saturated heterocycles. The average molecular weight is 353 g/mol. The van der Waals surface area contributed by atoms with Crippen molar-refractivity contribution in [3.63, 3.8) is 0 Å². The summed E-state index contributed by atoms with van der Waals surface area (Å²) in [4.78, 5) is 16.2. The molecule has 1 N–H and O–H groups in total. The van der Waals surface area contributed by atoms with Gasteiger partial charge >= 0.3 is 6.18 Å². The number of hydrogen-bond acceptors (Lipinski definition) is 2. The number of carbonyl (C=O) groups is 1. The number of hydrogen-bond donors (Lipinski definition) is 1. The summed E-state index contributed by atoms with van der Waals surface area (Å²) >= 11 is 0. The van der Waals surface area contributed by atoms with Gasteiger partial charge in [-0.3, -0.25) is 4.79 Å². The molecule has 3 rings (SSSR count). The van der Waals surface area contributed by atoms with Gasteiger partial charge in [0.1, 0.15) is 5.65 Å². The Labute approximate surface area is 144 Å². The molecule has 1 saturated carbocycles. The lowest BCUT2D eigenvalue weighted by Gasteiger charge is -2.20. The number of alkyl halides is 3. The molecule has 1 fully saturated rings. The molecule has 1 amide bonds. The van der Waals surface area contributed by atoms with E-state index < -0.39 is 11.7 Å². The van der Waals surface area contributed by atoms with Crippen LogP contribution in [0.2, 0.25) is 0 Å². The first-order valence-electron chi connectivity index (χ1n) is 8.73. The summed E-state index contributed by atoms with van der Waals surface area (Å²) in [5.74, 6) is 0.620. The first-order chi connectivity index (χ1) is 11.9. The minimum Gasteiger partial charge on any atom is -0.350 e. The highest BCUT2D eigenvalue weighted by Gasteiger charge is 2.30. The van der Waals surface area contributed by atoms with Gasteiger partial charge < -0.3 is 9.72 Å². The molecule has 2 heterocycles. The molecule has 0 spiro atoms. The second-order valence-corrected chi connectivity index (χ2v) is 6.73. The number of pyridine rings is 1. The first kappa shape index (κ1) is 17.8. The summed E-state index contributed by atoms with van der Waals surface area (Å²) in [6, 6.07) is 2.34. The third kappa shape index (κ3) is 4.74. The van der Waals surface area contributed by atoms with Crippen LogP contribution in [0.3, 0.4) is 0 Å². The number of aromatic nitrogens is 2. The molecule has 2 aromatic heterocycles. The molecule has 2 aromatic rings. The maximum absolute atomic E-state index is 12.7. The van der Waals surface area contributed by atoms with Gasteiger partial charge in [0, 0.05) is 18.8 Å². The number of fused-ring (bicyclic) bond motifs is 1. The summed E-state index contributed by atoms with van der Waals surface area (Å²) in [6.45, 7) is 0.229. The second kappa shape index (κ2) is 7.45. The first-order valence-corrected chi connectivity index (χ1v) is 8.73. The van der Waals surface area contributed by atoms with E-state index in [1.165, 1.54) is 48.8 Å². The Balaban J connectivity index is 1.53. The molecule has 1 aliphatic carbocycles. The van der Waals surface area contributed by atoms with Crippen LogP contribution in [0.4, 0.5) is 13.2 Å². The molecule has 0 unspecified atom stereocenters. The molecule has 1 aliphatic rings. The molecule has 25 heavy (non-hydrogen) atoms. The third-order valence-electron chi connectivity index (χ3n) is 4.80. The molecule has 7 heteroatoms. The SMILES string of the molecule is O=C(CCC1CCCCC1)NCc1cn2cc(C(F)(F)F)ccc2n1. The molecule has 136 valence electrons. The maximum atomic E-state index is 12.7. The normalized spacial score (nSPS) is 16.3. The van der Waals surface area contributed by atoms with E-state index >= 15 is 0 Å². The zero-order valence-electron chi connectivity index (χ0n) is 14.0. The summed E-state index contributed by atoms with van der Waals surface area (Å²) in [5.41, 5.74) is 0.255. The number of amides is 1. The van der Waals surface area contributed by atoms with Gasteiger partial charge in [0.2, 0.25) is 5.91 Å². The van der Waals surface area contributed by atoms with Crippen molar-refractivity contribution >= 4 is 11.6 Å². The van der Waals surface area contributed by atoms with Crippen LogP contribution in [0.5, 0.6) is 0 Å². The minimum absolute atomic E-state index is 0.0291. The highest BCUT2D eigenvalue weighted by Crippen LogP contribution is 2.29. The van der Waals surface area contributed by atoms with Gasteiger partial charge in [-0.05, 0) is 24.5 Å². The van der Waals surface area contributed by atoms with Crippen molar-refractivity contribution in [2.45, 2.75) is 57.7 Å². The van der Waals surface area contributed by atoms with E-state index in [0.29, 0.717) is 23.7 Å². The molecule has 4 nitrogen and oxygen atoms in total. The number of imidazole rings is 1. The lowest BCUT2D eigenvalue weighted by Crippen LogP contribution is -2.23. The quantitative estimate of drug-likeness (QED) is 0.870. The predicted octanol–water partition coefficient (Wildman–Crippen LogP) is 4.33. The average Bonchev–Trinajstić information content (AvgIpc) is 3.00. The minimum atomic E-state index is -4.38. The van der Waals surface area contributed by atoms with Crippen molar-refractivity contribution in [1.29, 1.82) is 0 Å². The lowest BCUT2D eigenvalue weighted by atomic mass is 9.86. The Morgan fingerprint density at radius 2 is 1.96 bits per heavy atom. The van der Waals surface area contributed by atoms with Crippen molar-refractivity contribution in [2.24, 2.45) is 5.92 Å². The summed E-state index contributed by atoms with van der Waals surface area (Å²) < 4.78 is 39.5. The van der Waals surface area contributed by atoms with Crippen LogP contribution < -0.4 is 5.32 Å². The van der Waals surface area contributed by atoms with Gasteiger partial charge in [-0.1, -0.05) is 32.1 Å². The highest BCUT2D eigenvalue weighted by molar-refractivity contribution is 5.75. The zero-order chi connectivity index (χ0) is 17.9. The summed E-state index contributed by atoms with van der Waals surface area (Å²) in [5, 5.41) is 2.81. The van der Waals surface area contributed by atoms with Crippen molar-refractivity contribution < 1.29 is 18.0 Å². The maximum Gasteiger partial charge on any atom is 0.417 e. The fraction of sp³-hybridized carbons (Fsp3) is 0.556. The third-order valence-corrected chi connectivity index (χ3v) is 4.80. The predicted molar refractivity (Wildman–Crippen MR) is 87.8 cm³/mol. The van der Waals surface area contributed by atoms with E-state index in [0.717, 1.165) is 18.7 Å². The smallest absolute Gasteiger partial charge is 0.350 e. The number of halogens is 3. The summed E-state index contributed by atoms with van der Waals surface area (Å²) in [7, 11) is 0. The van der Waals surface area contributed by atoms with E-state index in [1.807, 2.05) is 0 Å². The fourth-order valence-corrected chi connectivity index (χ4v) is 3.39. The van der Waals surface area contributed by atoms with Crippen LogP contribution in [-0.4, -0.2) is 15.3 Å². The number of nitrogens with zero attached hydrogens (tertiary/aromatic N) is 2. The number of carbonyl (C=O) groups excluding carboxylic acids is 1. The van der Waals surface area contributed by atoms with Gasteiger partial charge in [-0.25, -0.2) is 4.98 Å². The Kier molecular flexibility index (Phi) is 5.30. The van der Waals surface area contributed by atoms with Crippen molar-refractivity contribution in [2.75, 3.05) is 0 Å². The molecular weight excluding hydrogens is 331 g/mol. The van der Waals surface area contributed by atoms with Gasteiger partial charge in [0.25, 0.3) is 0 Å². The number of nitrogens with one attached hydrogen (secondary N) is 1. The van der Waals surface area contributed by atoms with Gasteiger partial charge in [-0.15, -0.1) is 0 Å². The molecule has 0 aliphatic heterocycles. The van der Waals surface area contributed by atoms with E-state index in [4.69, 9.17) is 0 Å². The van der Waals surface area contributed by atoms with Crippen LogP contribution in [0.25, 0.3) is 5.65 Å². The zero-order valence-corrected chi connectivity index (χ0v) is 14.0. The van der Waals surface area contributed by atoms with Crippen LogP contribution in [0.1, 0.15) is 56.2 Å². The molecule has 0 atom stereocenters. The van der Waals surface area contributed by atoms with Crippen LogP contribution >= 0.6 is 0 Å². The molecule has 0 radical (unpaired) electrons. The standard InChI is InChI=1S/C18H22F3N3O/c19-18(20,21)14-7-8-16-23-15(12-24(16)11-14)10-22-17(25)9-6-13-4-2-1-3-5-13/h7-8,11-13H,1-6,9-10H2,(H,22,25). The lowest BCUT2D eigenvalue weighted by molar-refractivity contribution is -0.137. The largest absolute Gasteiger partial charge is 0.417 e. The van der Waals surface area contributed by atoms with Gasteiger partial charge in [-0.2, -0.15) is 13.2 Å². The fourth-order valence-electron chi connectivity index (χ4n) is 3.39. The van der Waals surface area contributed by atoms with Crippen molar-refractivity contribution in [1.82, 2.24) is 14.7 Å². The van der Waals surface area contributed by atoms with Crippen LogP contribution in [0.15, 0.2) is 24.5 Å². The van der Waals surface area contributed by atoms with Gasteiger partial charge in [0.05, 0.1) is 17.8 Å². The van der Waals surface area contributed by atoms with E-state index in [-0.39, 0.29) is 12.5 Å². The Hall–Kier alpha value is -2.05. The van der Waals surface area contributed by atoms with Crippen LogP contribution in [0, 0.1) is 5.92 Å². The Morgan fingerprint density at radius 3 is 2.68 bits per heavy atom. The molecule has 0 bridgehead atoms. The molecule has 0 aromatic carbocycles. The van der Waals surface area contributed by atoms with Crippen LogP contribution in [-0.2, 0) is 17.5 Å². The van der Waals surface area contributed by atoms with E-state index in [2.05, 4.69) is 10.3 Å². The highest BCUT2D eigenvalue weighted by atomic mass is 19.4. The van der Waals surface area contributed by atoms with Crippen molar-refractivity contribution in [3.05, 3.63) is 35.8 Å². The van der Waals surface area contributed by atoms with Crippen molar-refractivity contribution in [3.8, 4) is 0 Å². The Bertz CT molecular complexity index is 733. The molecular formula is C18H22F3N3O. The van der Waals surface area contributed by atoms with Gasteiger partial charge in [0.15, 0.2) is 0 Å². The second-order valence-electron chi connectivity index (χ2n) is 6.73. The van der Waals surface area contributed by atoms with E-state index in [1.54, 1.807) is 0 Å². The Morgan fingerprint density at radius 1 is 1.20 bits per heavy atom. The topological polar surface area (TPSA) is 46.4 Å². The van der Waals surface area contributed by atoms with E-state index in [9.17, 15) is 18.0 Å². The number of rotatable bonds is 5. The monoisotopic (exact) mass is 353 g/mol. The summed E-state index contributed by atoms with van der Waals surface area (Å²) in [6.07, 6.45) is 5.78.